The smallest absolute Gasteiger partial charge is 0.341 e. The maximum atomic E-state index is 15.1. The van der Waals surface area contributed by atoms with Crippen LogP contribution in [0.5, 0.6) is 5.75 Å². The minimum Gasteiger partial charge on any atom is -0.480 e. The second-order valence-electron chi connectivity index (χ2n) is 8.63. The summed E-state index contributed by atoms with van der Waals surface area (Å²) in [7, 11) is 1.55. The molecule has 2 aromatic rings. The standard InChI is InChI=1S/C22H24FN5O5/c1-27-17-14(33-11-15(29)30)5-4-13(23)16(17)22(20(27)32)6-9-28(10-7-22)21-25-18-12(19(31)26-21)3-2-8-24-18/h4-5H,2-3,6-11H2,1H3,(H,29,30)(H2,24,25,26,31). The normalized spacial score (nSPS) is 18.7. The number of carboxylic acids is 1. The largest absolute Gasteiger partial charge is 0.480 e. The molecule has 1 fully saturated rings. The van der Waals surface area contributed by atoms with Gasteiger partial charge in [-0.3, -0.25) is 14.6 Å². The summed E-state index contributed by atoms with van der Waals surface area (Å²) in [4.78, 5) is 47.5. The van der Waals surface area contributed by atoms with Crippen LogP contribution >= 0.6 is 0 Å². The molecule has 174 valence electrons. The molecule has 11 heteroatoms. The van der Waals surface area contributed by atoms with Gasteiger partial charge in [-0.1, -0.05) is 0 Å². The van der Waals surface area contributed by atoms with E-state index in [1.807, 2.05) is 4.90 Å². The summed E-state index contributed by atoms with van der Waals surface area (Å²) in [5, 5.41) is 12.1. The first-order valence-corrected chi connectivity index (χ1v) is 10.9. The maximum absolute atomic E-state index is 15.1. The number of likely N-dealkylation sites (N-methyl/N-ethyl adjacent to an activating group) is 1. The molecule has 10 nitrogen and oxygen atoms in total. The first kappa shape index (κ1) is 21.2. The minimum atomic E-state index is -1.16. The van der Waals surface area contributed by atoms with Crippen LogP contribution in [0, 0.1) is 5.82 Å². The number of H-pyrrole nitrogens is 1. The van der Waals surface area contributed by atoms with Gasteiger partial charge in [0.1, 0.15) is 17.4 Å². The lowest BCUT2D eigenvalue weighted by Crippen LogP contribution is -2.49. The van der Waals surface area contributed by atoms with Crippen LogP contribution in [0.3, 0.4) is 0 Å². The van der Waals surface area contributed by atoms with Gasteiger partial charge in [0, 0.05) is 32.2 Å². The lowest BCUT2D eigenvalue weighted by Gasteiger charge is -2.38. The Morgan fingerprint density at radius 1 is 1.30 bits per heavy atom. The number of anilines is 3. The molecule has 0 bridgehead atoms. The molecule has 5 rings (SSSR count). The maximum Gasteiger partial charge on any atom is 0.341 e. The third kappa shape index (κ3) is 3.30. The van der Waals surface area contributed by atoms with E-state index >= 15 is 4.39 Å². The van der Waals surface area contributed by atoms with Crippen LogP contribution in [0.2, 0.25) is 0 Å². The molecular weight excluding hydrogens is 433 g/mol. The second kappa shape index (κ2) is 7.75. The van der Waals surface area contributed by atoms with Gasteiger partial charge < -0.3 is 25.0 Å². The van der Waals surface area contributed by atoms with Crippen LogP contribution in [0.1, 0.15) is 30.4 Å². The highest BCUT2D eigenvalue weighted by Gasteiger charge is 2.54. The number of nitrogens with zero attached hydrogens (tertiary/aromatic N) is 3. The predicted octanol–water partition coefficient (Wildman–Crippen LogP) is 1.25. The Hall–Kier alpha value is -3.63. The third-order valence-electron chi connectivity index (χ3n) is 6.78. The van der Waals surface area contributed by atoms with Crippen molar-refractivity contribution in [3.8, 4) is 5.75 Å². The Morgan fingerprint density at radius 3 is 2.79 bits per heavy atom. The van der Waals surface area contributed by atoms with Crippen molar-refractivity contribution < 1.29 is 23.8 Å². The zero-order chi connectivity index (χ0) is 23.3. The van der Waals surface area contributed by atoms with Gasteiger partial charge in [0.2, 0.25) is 11.9 Å². The molecule has 3 N–H and O–H groups in total. The van der Waals surface area contributed by atoms with Crippen molar-refractivity contribution in [1.29, 1.82) is 0 Å². The lowest BCUT2D eigenvalue weighted by molar-refractivity contribution is -0.139. The van der Waals surface area contributed by atoms with Crippen LogP contribution < -0.4 is 25.4 Å². The molecule has 0 aliphatic carbocycles. The number of hydrogen-bond acceptors (Lipinski definition) is 7. The van der Waals surface area contributed by atoms with Crippen molar-refractivity contribution in [2.24, 2.45) is 0 Å². The summed E-state index contributed by atoms with van der Waals surface area (Å²) in [5.41, 5.74) is -0.0861. The fourth-order valence-electron chi connectivity index (χ4n) is 5.17. The molecular formula is C22H24FN5O5. The molecule has 1 spiro atoms. The summed E-state index contributed by atoms with van der Waals surface area (Å²) in [5.74, 6) is -0.756. The van der Waals surface area contributed by atoms with Crippen molar-refractivity contribution in [2.75, 3.05) is 48.4 Å². The Kier molecular flexibility index (Phi) is 4.98. The van der Waals surface area contributed by atoms with Crippen LogP contribution in [-0.4, -0.2) is 60.2 Å². The van der Waals surface area contributed by atoms with Crippen molar-refractivity contribution in [2.45, 2.75) is 31.1 Å². The average molecular weight is 457 g/mol. The van der Waals surface area contributed by atoms with E-state index in [1.165, 1.54) is 17.0 Å². The van der Waals surface area contributed by atoms with E-state index in [9.17, 15) is 14.4 Å². The van der Waals surface area contributed by atoms with E-state index in [0.717, 1.165) is 13.0 Å². The average Bonchev–Trinajstić information content (AvgIpc) is 3.02. The van der Waals surface area contributed by atoms with Crippen molar-refractivity contribution in [1.82, 2.24) is 9.97 Å². The summed E-state index contributed by atoms with van der Waals surface area (Å²) in [6.07, 6.45) is 2.19. The summed E-state index contributed by atoms with van der Waals surface area (Å²) < 4.78 is 20.4. The number of amides is 1. The SMILES string of the molecule is CN1C(=O)C2(CCN(c3nc4c(c(=O)[nH]3)CCCN4)CC2)c2c(F)ccc(OCC(=O)O)c21. The third-order valence-corrected chi connectivity index (χ3v) is 6.78. The molecule has 33 heavy (non-hydrogen) atoms. The van der Waals surface area contributed by atoms with Crippen LogP contribution in [0.4, 0.5) is 21.8 Å². The number of piperidine rings is 1. The molecule has 3 aliphatic heterocycles. The van der Waals surface area contributed by atoms with E-state index < -0.39 is 23.8 Å². The molecule has 1 aromatic heterocycles. The Morgan fingerprint density at radius 2 is 2.06 bits per heavy atom. The number of aromatic nitrogens is 2. The van der Waals surface area contributed by atoms with Crippen LogP contribution in [0.15, 0.2) is 16.9 Å². The van der Waals surface area contributed by atoms with Crippen molar-refractivity contribution >= 4 is 29.3 Å². The number of rotatable bonds is 4. The first-order valence-electron chi connectivity index (χ1n) is 10.9. The Labute approximate surface area is 188 Å². The van der Waals surface area contributed by atoms with E-state index in [4.69, 9.17) is 9.84 Å². The van der Waals surface area contributed by atoms with Crippen molar-refractivity contribution in [3.05, 3.63) is 39.4 Å². The number of aliphatic carboxylic acids is 1. The van der Waals surface area contributed by atoms with Gasteiger partial charge in [-0.15, -0.1) is 0 Å². The number of carboxylic acid groups (broad SMARTS) is 1. The molecule has 0 radical (unpaired) electrons. The fourth-order valence-corrected chi connectivity index (χ4v) is 5.17. The number of benzene rings is 1. The molecule has 0 saturated carbocycles. The lowest BCUT2D eigenvalue weighted by atomic mass is 9.73. The quantitative estimate of drug-likeness (QED) is 0.626. The van der Waals surface area contributed by atoms with E-state index in [2.05, 4.69) is 15.3 Å². The van der Waals surface area contributed by atoms with Gasteiger partial charge >= 0.3 is 5.97 Å². The van der Waals surface area contributed by atoms with E-state index in [-0.39, 0.29) is 28.5 Å². The van der Waals surface area contributed by atoms with E-state index in [1.54, 1.807) is 7.05 Å². The van der Waals surface area contributed by atoms with Gasteiger partial charge in [0.05, 0.1) is 16.7 Å². The molecule has 0 unspecified atom stereocenters. The number of hydrogen-bond donors (Lipinski definition) is 3. The minimum absolute atomic E-state index is 0.163. The number of ether oxygens (including phenoxy) is 1. The van der Waals surface area contributed by atoms with Gasteiger partial charge in [0.15, 0.2) is 6.61 Å². The highest BCUT2D eigenvalue weighted by molar-refractivity contribution is 6.09. The van der Waals surface area contributed by atoms with Gasteiger partial charge in [0.25, 0.3) is 5.56 Å². The second-order valence-corrected chi connectivity index (χ2v) is 8.63. The highest BCUT2D eigenvalue weighted by atomic mass is 19.1. The number of nitrogens with one attached hydrogen (secondary N) is 2. The van der Waals surface area contributed by atoms with Crippen molar-refractivity contribution in [3.63, 3.8) is 0 Å². The number of carbonyl (C=O) groups is 2. The number of halogens is 1. The summed E-state index contributed by atoms with van der Waals surface area (Å²) in [6, 6.07) is 2.56. The number of aromatic amines is 1. The van der Waals surface area contributed by atoms with Crippen LogP contribution in [0.25, 0.3) is 0 Å². The zero-order valence-electron chi connectivity index (χ0n) is 18.1. The Bertz CT molecular complexity index is 1200. The number of fused-ring (bicyclic) bond motifs is 3. The Balaban J connectivity index is 1.45. The van der Waals surface area contributed by atoms with Gasteiger partial charge in [-0.05, 0) is 37.8 Å². The summed E-state index contributed by atoms with van der Waals surface area (Å²) in [6.45, 7) is 0.947. The van der Waals surface area contributed by atoms with E-state index in [0.29, 0.717) is 49.7 Å². The molecule has 1 aromatic carbocycles. The zero-order valence-corrected chi connectivity index (χ0v) is 18.1. The molecule has 3 aliphatic rings. The topological polar surface area (TPSA) is 128 Å². The molecule has 1 amide bonds. The van der Waals surface area contributed by atoms with Crippen LogP contribution in [-0.2, 0) is 21.4 Å². The van der Waals surface area contributed by atoms with Gasteiger partial charge in [-0.25, -0.2) is 9.18 Å². The number of carbonyl (C=O) groups excluding carboxylic acids is 1. The highest BCUT2D eigenvalue weighted by Crippen LogP contribution is 2.52. The summed E-state index contributed by atoms with van der Waals surface area (Å²) >= 11 is 0. The predicted molar refractivity (Wildman–Crippen MR) is 118 cm³/mol. The molecule has 0 atom stereocenters. The molecule has 1 saturated heterocycles. The first-order chi connectivity index (χ1) is 15.8. The fraction of sp³-hybridized carbons (Fsp3) is 0.455. The van der Waals surface area contributed by atoms with Gasteiger partial charge in [-0.2, -0.15) is 4.98 Å². The monoisotopic (exact) mass is 457 g/mol. The molecule has 4 heterocycles.